The van der Waals surface area contributed by atoms with Crippen LogP contribution >= 0.6 is 15.9 Å². The molecule has 0 aromatic carbocycles. The van der Waals surface area contributed by atoms with Gasteiger partial charge in [0, 0.05) is 18.2 Å². The quantitative estimate of drug-likeness (QED) is 0.540. The van der Waals surface area contributed by atoms with Crippen molar-refractivity contribution in [2.45, 2.75) is 25.2 Å². The van der Waals surface area contributed by atoms with E-state index in [4.69, 9.17) is 0 Å². The fraction of sp³-hybridized carbons (Fsp3) is 1.00. The molecule has 80 valence electrons. The first-order valence-corrected chi connectivity index (χ1v) is 4.45. The summed E-state index contributed by atoms with van der Waals surface area (Å²) in [6, 6.07) is 0. The van der Waals surface area contributed by atoms with Crippen LogP contribution in [-0.2, 0) is 0 Å². The molecule has 0 aliphatic carbocycles. The lowest BCUT2D eigenvalue weighted by atomic mass is 10.0. The van der Waals surface area contributed by atoms with Gasteiger partial charge in [0.2, 0.25) is 0 Å². The monoisotopic (exact) mass is 272 g/mol. The number of hydrogen-bond donors (Lipinski definition) is 0. The lowest BCUT2D eigenvalue weighted by molar-refractivity contribution is -0.169. The third-order valence-electron chi connectivity index (χ3n) is 1.26. The average Bonchev–Trinajstić information content (AvgIpc) is 1.79. The zero-order valence-corrected chi connectivity index (χ0v) is 7.93. The van der Waals surface area contributed by atoms with Crippen LogP contribution in [0.15, 0.2) is 0 Å². The molecule has 0 unspecified atom stereocenters. The Kier molecular flexibility index (Phi) is 4.54. The molecule has 0 rings (SSSR count). The minimum atomic E-state index is -4.54. The van der Waals surface area contributed by atoms with Gasteiger partial charge in [-0.3, -0.25) is 0 Å². The van der Waals surface area contributed by atoms with Crippen LogP contribution in [0, 0.1) is 5.92 Å². The second-order valence-corrected chi connectivity index (χ2v) is 3.31. The van der Waals surface area contributed by atoms with E-state index in [1.165, 1.54) is 0 Å². The minimum absolute atomic E-state index is 0.300. The maximum atomic E-state index is 11.7. The molecule has 0 fully saturated rings. The minimum Gasteiger partial charge on any atom is -0.171 e. The number of rotatable bonds is 3. The Hall–Kier alpha value is 0.0600. The third kappa shape index (κ3) is 8.39. The van der Waals surface area contributed by atoms with Gasteiger partial charge in [0.25, 0.3) is 0 Å². The highest BCUT2D eigenvalue weighted by atomic mass is 79.9. The van der Waals surface area contributed by atoms with Crippen molar-refractivity contribution < 1.29 is 26.3 Å². The first-order valence-electron chi connectivity index (χ1n) is 3.33. The Morgan fingerprint density at radius 2 is 1.15 bits per heavy atom. The van der Waals surface area contributed by atoms with Crippen LogP contribution in [0.1, 0.15) is 12.8 Å². The second-order valence-electron chi connectivity index (χ2n) is 2.66. The van der Waals surface area contributed by atoms with Crippen molar-refractivity contribution >= 4 is 15.9 Å². The highest BCUT2D eigenvalue weighted by Gasteiger charge is 2.38. The van der Waals surface area contributed by atoms with Crippen molar-refractivity contribution in [3.8, 4) is 0 Å². The molecule has 0 N–H and O–H groups in total. The SMILES string of the molecule is FC(F)(F)CC(CBr)CC(F)(F)F. The lowest BCUT2D eigenvalue weighted by Crippen LogP contribution is -2.22. The molecule has 0 saturated carbocycles. The summed E-state index contributed by atoms with van der Waals surface area (Å²) >= 11 is 2.62. The van der Waals surface area contributed by atoms with Crippen LogP contribution in [0.4, 0.5) is 26.3 Å². The van der Waals surface area contributed by atoms with Gasteiger partial charge in [0.15, 0.2) is 0 Å². The van der Waals surface area contributed by atoms with E-state index in [-0.39, 0.29) is 5.33 Å². The van der Waals surface area contributed by atoms with Crippen LogP contribution < -0.4 is 0 Å². The Balaban J connectivity index is 4.05. The van der Waals surface area contributed by atoms with Gasteiger partial charge in [-0.25, -0.2) is 0 Å². The van der Waals surface area contributed by atoms with E-state index < -0.39 is 31.1 Å². The summed E-state index contributed by atoms with van der Waals surface area (Å²) in [5.74, 6) is -1.43. The topological polar surface area (TPSA) is 0 Å². The van der Waals surface area contributed by atoms with Gasteiger partial charge >= 0.3 is 12.4 Å². The predicted molar refractivity (Wildman–Crippen MR) is 38.6 cm³/mol. The molecule has 0 atom stereocenters. The summed E-state index contributed by atoms with van der Waals surface area (Å²) in [4.78, 5) is 0. The smallest absolute Gasteiger partial charge is 0.171 e. The summed E-state index contributed by atoms with van der Waals surface area (Å²) in [6.07, 6.45) is -11.9. The average molecular weight is 273 g/mol. The highest BCUT2D eigenvalue weighted by molar-refractivity contribution is 9.09. The van der Waals surface area contributed by atoms with Crippen molar-refractivity contribution in [3.05, 3.63) is 0 Å². The van der Waals surface area contributed by atoms with Crippen molar-refractivity contribution in [1.29, 1.82) is 0 Å². The summed E-state index contributed by atoms with van der Waals surface area (Å²) in [7, 11) is 0. The Morgan fingerprint density at radius 1 is 0.846 bits per heavy atom. The molecular formula is C6H7BrF6. The highest BCUT2D eigenvalue weighted by Crippen LogP contribution is 2.33. The molecule has 0 nitrogen and oxygen atoms in total. The fourth-order valence-electron chi connectivity index (χ4n) is 0.836. The van der Waals surface area contributed by atoms with Gasteiger partial charge in [-0.1, -0.05) is 15.9 Å². The van der Waals surface area contributed by atoms with E-state index in [0.717, 1.165) is 0 Å². The third-order valence-corrected chi connectivity index (χ3v) is 2.17. The standard InChI is InChI=1S/C6H7BrF6/c7-3-4(1-5(8,9)10)2-6(11,12)13/h4H,1-3H2. The predicted octanol–water partition coefficient (Wildman–Crippen LogP) is 3.90. The molecule has 0 spiro atoms. The van der Waals surface area contributed by atoms with Crippen molar-refractivity contribution in [3.63, 3.8) is 0 Å². The van der Waals surface area contributed by atoms with E-state index in [9.17, 15) is 26.3 Å². The number of hydrogen-bond acceptors (Lipinski definition) is 0. The molecule has 0 bridgehead atoms. The molecule has 0 amide bonds. The van der Waals surface area contributed by atoms with E-state index in [2.05, 4.69) is 15.9 Å². The summed E-state index contributed by atoms with van der Waals surface area (Å²) < 4.78 is 70.1. The molecule has 0 aliphatic heterocycles. The Morgan fingerprint density at radius 3 is 1.31 bits per heavy atom. The van der Waals surface area contributed by atoms with E-state index in [0.29, 0.717) is 0 Å². The Labute approximate surface area is 79.4 Å². The molecule has 7 heteroatoms. The Bertz CT molecular complexity index is 132. The van der Waals surface area contributed by atoms with Gasteiger partial charge in [-0.05, 0) is 5.92 Å². The lowest BCUT2D eigenvalue weighted by Gasteiger charge is -2.17. The van der Waals surface area contributed by atoms with E-state index >= 15 is 0 Å². The van der Waals surface area contributed by atoms with Crippen molar-refractivity contribution in [1.82, 2.24) is 0 Å². The van der Waals surface area contributed by atoms with Crippen LogP contribution in [0.3, 0.4) is 0 Å². The number of halogens is 7. The molecule has 0 aromatic heterocycles. The second kappa shape index (κ2) is 4.52. The van der Waals surface area contributed by atoms with Gasteiger partial charge in [0.05, 0.1) is 0 Å². The summed E-state index contributed by atoms with van der Waals surface area (Å²) in [5.41, 5.74) is 0. The van der Waals surface area contributed by atoms with Crippen molar-refractivity contribution in [2.24, 2.45) is 5.92 Å². The van der Waals surface area contributed by atoms with Gasteiger partial charge in [-0.15, -0.1) is 0 Å². The fourth-order valence-corrected chi connectivity index (χ4v) is 1.29. The van der Waals surface area contributed by atoms with Crippen LogP contribution in [-0.4, -0.2) is 17.7 Å². The molecule has 0 aliphatic rings. The van der Waals surface area contributed by atoms with Crippen LogP contribution in [0.5, 0.6) is 0 Å². The molecule has 0 radical (unpaired) electrons. The first kappa shape index (κ1) is 13.1. The largest absolute Gasteiger partial charge is 0.389 e. The maximum absolute atomic E-state index is 11.7. The van der Waals surface area contributed by atoms with Gasteiger partial charge in [-0.2, -0.15) is 26.3 Å². The number of alkyl halides is 7. The van der Waals surface area contributed by atoms with Gasteiger partial charge in [0.1, 0.15) is 0 Å². The van der Waals surface area contributed by atoms with E-state index in [1.54, 1.807) is 0 Å². The molecule has 0 heterocycles. The zero-order valence-electron chi connectivity index (χ0n) is 6.34. The summed E-state index contributed by atoms with van der Waals surface area (Å²) in [5, 5.41) is -0.300. The molecular weight excluding hydrogens is 266 g/mol. The summed E-state index contributed by atoms with van der Waals surface area (Å²) in [6.45, 7) is 0. The normalized spacial score (nSPS) is 13.8. The van der Waals surface area contributed by atoms with Crippen molar-refractivity contribution in [2.75, 3.05) is 5.33 Å². The van der Waals surface area contributed by atoms with Crippen LogP contribution in [0.25, 0.3) is 0 Å². The van der Waals surface area contributed by atoms with Gasteiger partial charge < -0.3 is 0 Å². The molecule has 0 aromatic rings. The molecule has 13 heavy (non-hydrogen) atoms. The van der Waals surface area contributed by atoms with Crippen LogP contribution in [0.2, 0.25) is 0 Å². The zero-order chi connectivity index (χ0) is 10.7. The van der Waals surface area contributed by atoms with E-state index in [1.807, 2.05) is 0 Å². The molecule has 0 saturated heterocycles. The first-order chi connectivity index (χ1) is 5.64. The maximum Gasteiger partial charge on any atom is 0.389 e.